The minimum atomic E-state index is 0.746. The molecule has 0 bridgehead atoms. The molecule has 2 fully saturated rings. The molecule has 2 aliphatic heterocycles. The van der Waals surface area contributed by atoms with E-state index in [2.05, 4.69) is 29.5 Å². The van der Waals surface area contributed by atoms with Crippen molar-refractivity contribution in [3.63, 3.8) is 0 Å². The van der Waals surface area contributed by atoms with E-state index >= 15 is 0 Å². The Balaban J connectivity index is 1.75. The summed E-state index contributed by atoms with van der Waals surface area (Å²) < 4.78 is 0. The van der Waals surface area contributed by atoms with Gasteiger partial charge >= 0.3 is 0 Å². The molecule has 3 heteroatoms. The van der Waals surface area contributed by atoms with E-state index in [1.807, 2.05) is 0 Å². The molecule has 2 aliphatic rings. The van der Waals surface area contributed by atoms with Crippen molar-refractivity contribution < 1.29 is 0 Å². The van der Waals surface area contributed by atoms with Gasteiger partial charge in [0, 0.05) is 18.1 Å². The topological polar surface area (TPSA) is 27.3 Å². The number of rotatable bonds is 2. The van der Waals surface area contributed by atoms with Crippen LogP contribution in [0, 0.1) is 0 Å². The predicted octanol–water partition coefficient (Wildman–Crippen LogP) is 1.20. The summed E-state index contributed by atoms with van der Waals surface area (Å²) in [6, 6.07) is 2.26. The zero-order valence-electron chi connectivity index (χ0n) is 10.8. The van der Waals surface area contributed by atoms with Gasteiger partial charge in [-0.1, -0.05) is 0 Å². The zero-order chi connectivity index (χ0) is 11.4. The van der Waals surface area contributed by atoms with Gasteiger partial charge in [-0.15, -0.1) is 0 Å². The standard InChI is InChI=1S/C13H27N3/c1-11-10-13(6-9-16(11)2)15-12-4-3-7-14-8-5-12/h11-15H,3-10H2,1-2H3. The van der Waals surface area contributed by atoms with Gasteiger partial charge in [0.25, 0.3) is 0 Å². The van der Waals surface area contributed by atoms with Crippen molar-refractivity contribution in [2.75, 3.05) is 26.7 Å². The van der Waals surface area contributed by atoms with Crippen LogP contribution in [0.4, 0.5) is 0 Å². The van der Waals surface area contributed by atoms with E-state index < -0.39 is 0 Å². The van der Waals surface area contributed by atoms with Gasteiger partial charge in [-0.05, 0) is 65.7 Å². The van der Waals surface area contributed by atoms with Gasteiger partial charge in [0.1, 0.15) is 0 Å². The summed E-state index contributed by atoms with van der Waals surface area (Å²) in [5.74, 6) is 0. The fourth-order valence-electron chi connectivity index (χ4n) is 2.96. The van der Waals surface area contributed by atoms with Crippen molar-refractivity contribution >= 4 is 0 Å². The zero-order valence-corrected chi connectivity index (χ0v) is 10.8. The van der Waals surface area contributed by atoms with E-state index in [9.17, 15) is 0 Å². The first-order valence-electron chi connectivity index (χ1n) is 6.92. The van der Waals surface area contributed by atoms with Crippen LogP contribution in [0.1, 0.15) is 39.0 Å². The van der Waals surface area contributed by atoms with Crippen LogP contribution in [0.5, 0.6) is 0 Å². The van der Waals surface area contributed by atoms with Gasteiger partial charge in [-0.2, -0.15) is 0 Å². The number of likely N-dealkylation sites (tertiary alicyclic amines) is 1. The van der Waals surface area contributed by atoms with Crippen LogP contribution in [0.2, 0.25) is 0 Å². The van der Waals surface area contributed by atoms with Crippen LogP contribution in [-0.4, -0.2) is 49.7 Å². The third-order valence-corrected chi connectivity index (χ3v) is 4.26. The number of nitrogens with zero attached hydrogens (tertiary/aromatic N) is 1. The van der Waals surface area contributed by atoms with E-state index in [-0.39, 0.29) is 0 Å². The quantitative estimate of drug-likeness (QED) is 0.739. The van der Waals surface area contributed by atoms with Crippen molar-refractivity contribution in [1.29, 1.82) is 0 Å². The predicted molar refractivity (Wildman–Crippen MR) is 68.8 cm³/mol. The maximum atomic E-state index is 3.88. The molecule has 16 heavy (non-hydrogen) atoms. The molecule has 94 valence electrons. The summed E-state index contributed by atoms with van der Waals surface area (Å²) >= 11 is 0. The van der Waals surface area contributed by atoms with Gasteiger partial charge in [0.15, 0.2) is 0 Å². The Morgan fingerprint density at radius 2 is 2.00 bits per heavy atom. The highest BCUT2D eigenvalue weighted by Gasteiger charge is 2.24. The van der Waals surface area contributed by atoms with Gasteiger partial charge < -0.3 is 15.5 Å². The first-order valence-corrected chi connectivity index (χ1v) is 6.92. The molecule has 0 amide bonds. The Morgan fingerprint density at radius 1 is 1.12 bits per heavy atom. The van der Waals surface area contributed by atoms with Crippen molar-refractivity contribution in [1.82, 2.24) is 15.5 Å². The summed E-state index contributed by atoms with van der Waals surface area (Å²) in [6.45, 7) is 6.01. The number of hydrogen-bond acceptors (Lipinski definition) is 3. The minimum Gasteiger partial charge on any atom is -0.317 e. The van der Waals surface area contributed by atoms with Crippen LogP contribution >= 0.6 is 0 Å². The highest BCUT2D eigenvalue weighted by atomic mass is 15.1. The molecule has 3 nitrogen and oxygen atoms in total. The van der Waals surface area contributed by atoms with Gasteiger partial charge in [0.2, 0.25) is 0 Å². The molecule has 0 saturated carbocycles. The third-order valence-electron chi connectivity index (χ3n) is 4.26. The molecule has 0 aliphatic carbocycles. The number of nitrogens with one attached hydrogen (secondary N) is 2. The largest absolute Gasteiger partial charge is 0.317 e. The fraction of sp³-hybridized carbons (Fsp3) is 1.00. The van der Waals surface area contributed by atoms with Gasteiger partial charge in [-0.25, -0.2) is 0 Å². The Labute approximate surface area is 100.0 Å². The highest BCUT2D eigenvalue weighted by molar-refractivity contribution is 4.84. The maximum Gasteiger partial charge on any atom is 0.00966 e. The van der Waals surface area contributed by atoms with Gasteiger partial charge in [-0.3, -0.25) is 0 Å². The van der Waals surface area contributed by atoms with E-state index in [0.717, 1.165) is 18.1 Å². The smallest absolute Gasteiger partial charge is 0.00966 e. The number of piperidine rings is 1. The second kappa shape index (κ2) is 5.99. The Hall–Kier alpha value is -0.120. The molecule has 0 aromatic heterocycles. The lowest BCUT2D eigenvalue weighted by Crippen LogP contribution is -2.48. The first-order chi connectivity index (χ1) is 7.75. The van der Waals surface area contributed by atoms with E-state index in [4.69, 9.17) is 0 Å². The third kappa shape index (κ3) is 3.44. The summed E-state index contributed by atoms with van der Waals surface area (Å²) in [6.07, 6.45) is 6.64. The summed E-state index contributed by atoms with van der Waals surface area (Å²) in [5.41, 5.74) is 0. The Morgan fingerprint density at radius 3 is 2.81 bits per heavy atom. The van der Waals surface area contributed by atoms with Crippen LogP contribution in [0.15, 0.2) is 0 Å². The lowest BCUT2D eigenvalue weighted by atomic mass is 9.97. The summed E-state index contributed by atoms with van der Waals surface area (Å²) in [5, 5.41) is 7.36. The minimum absolute atomic E-state index is 0.746. The molecule has 3 unspecified atom stereocenters. The average Bonchev–Trinajstić information content (AvgIpc) is 2.52. The van der Waals surface area contributed by atoms with Crippen LogP contribution in [0.25, 0.3) is 0 Å². The molecule has 0 aromatic carbocycles. The van der Waals surface area contributed by atoms with Crippen molar-refractivity contribution in [2.24, 2.45) is 0 Å². The molecule has 0 spiro atoms. The second-order valence-corrected chi connectivity index (χ2v) is 5.60. The lowest BCUT2D eigenvalue weighted by molar-refractivity contribution is 0.160. The molecular formula is C13H27N3. The molecule has 2 N–H and O–H groups in total. The summed E-state index contributed by atoms with van der Waals surface area (Å²) in [4.78, 5) is 2.48. The molecule has 0 radical (unpaired) electrons. The normalized spacial score (nSPS) is 38.2. The lowest BCUT2D eigenvalue weighted by Gasteiger charge is -2.37. The van der Waals surface area contributed by atoms with Crippen LogP contribution in [-0.2, 0) is 0 Å². The molecule has 2 saturated heterocycles. The Kier molecular flexibility index (Phi) is 4.62. The second-order valence-electron chi connectivity index (χ2n) is 5.60. The molecule has 3 atom stereocenters. The summed E-state index contributed by atoms with van der Waals surface area (Å²) in [7, 11) is 2.25. The van der Waals surface area contributed by atoms with Crippen LogP contribution in [0.3, 0.4) is 0 Å². The average molecular weight is 225 g/mol. The molecule has 2 heterocycles. The maximum absolute atomic E-state index is 3.88. The molecular weight excluding hydrogens is 198 g/mol. The molecule has 0 aromatic rings. The Bertz CT molecular complexity index is 199. The van der Waals surface area contributed by atoms with Crippen LogP contribution < -0.4 is 10.6 Å². The van der Waals surface area contributed by atoms with Crippen molar-refractivity contribution in [3.8, 4) is 0 Å². The van der Waals surface area contributed by atoms with E-state index in [1.54, 1.807) is 0 Å². The monoisotopic (exact) mass is 225 g/mol. The molecule has 2 rings (SSSR count). The highest BCUT2D eigenvalue weighted by Crippen LogP contribution is 2.17. The van der Waals surface area contributed by atoms with Crippen molar-refractivity contribution in [2.45, 2.75) is 57.2 Å². The SMILES string of the molecule is CC1CC(NC2CCCNCC2)CCN1C. The van der Waals surface area contributed by atoms with Crippen molar-refractivity contribution in [3.05, 3.63) is 0 Å². The van der Waals surface area contributed by atoms with E-state index in [0.29, 0.717) is 0 Å². The first kappa shape index (κ1) is 12.3. The fourth-order valence-corrected chi connectivity index (χ4v) is 2.96. The number of hydrogen-bond donors (Lipinski definition) is 2. The van der Waals surface area contributed by atoms with Gasteiger partial charge in [0.05, 0.1) is 0 Å². The van der Waals surface area contributed by atoms with E-state index in [1.165, 1.54) is 51.7 Å².